The number of methoxy groups -OCH3 is 1. The molecule has 9 nitrogen and oxygen atoms in total. The third-order valence-corrected chi connectivity index (χ3v) is 7.47. The molecule has 3 heterocycles. The molecular formula is C27H28ClN5O4. The molecule has 2 amide bonds. The van der Waals surface area contributed by atoms with Crippen LogP contribution in [0.15, 0.2) is 42.5 Å². The van der Waals surface area contributed by atoms with Crippen molar-refractivity contribution in [3.05, 3.63) is 64.3 Å². The molecule has 0 bridgehead atoms. The van der Waals surface area contributed by atoms with Crippen molar-refractivity contribution < 1.29 is 19.4 Å². The Bertz CT molecular complexity index is 1380. The van der Waals surface area contributed by atoms with Crippen molar-refractivity contribution in [2.75, 3.05) is 20.2 Å². The van der Waals surface area contributed by atoms with Crippen LogP contribution >= 0.6 is 11.6 Å². The van der Waals surface area contributed by atoms with Crippen LogP contribution < -0.4 is 15.4 Å². The molecule has 0 spiro atoms. The van der Waals surface area contributed by atoms with Crippen LogP contribution in [0.5, 0.6) is 5.75 Å². The van der Waals surface area contributed by atoms with Crippen molar-refractivity contribution in [2.24, 2.45) is 5.92 Å². The molecule has 4 unspecified atom stereocenters. The van der Waals surface area contributed by atoms with Gasteiger partial charge in [-0.3, -0.25) is 14.5 Å². The minimum atomic E-state index is -1.13. The zero-order valence-corrected chi connectivity index (χ0v) is 21.1. The summed E-state index contributed by atoms with van der Waals surface area (Å²) in [5.41, 5.74) is 2.96. The van der Waals surface area contributed by atoms with E-state index < -0.39 is 24.2 Å². The summed E-state index contributed by atoms with van der Waals surface area (Å²) in [6.45, 7) is 0.961. The Balaban J connectivity index is 1.46. The van der Waals surface area contributed by atoms with E-state index in [0.29, 0.717) is 42.4 Å². The summed E-state index contributed by atoms with van der Waals surface area (Å²) >= 11 is 6.23. The molecule has 4 atom stereocenters. The van der Waals surface area contributed by atoms with Gasteiger partial charge >= 0.3 is 0 Å². The Kier molecular flexibility index (Phi) is 7.07. The number of nitrogens with zero attached hydrogens (tertiary/aromatic N) is 2. The molecule has 5 rings (SSSR count). The van der Waals surface area contributed by atoms with Gasteiger partial charge in [0.1, 0.15) is 24.1 Å². The van der Waals surface area contributed by atoms with E-state index in [-0.39, 0.29) is 18.2 Å². The van der Waals surface area contributed by atoms with Crippen molar-refractivity contribution in [1.29, 1.82) is 5.26 Å². The highest BCUT2D eigenvalue weighted by molar-refractivity contribution is 6.30. The summed E-state index contributed by atoms with van der Waals surface area (Å²) in [4.78, 5) is 30.7. The molecule has 10 heteroatoms. The van der Waals surface area contributed by atoms with Crippen LogP contribution in [0.3, 0.4) is 0 Å². The number of amides is 2. The van der Waals surface area contributed by atoms with Gasteiger partial charge in [0, 0.05) is 34.9 Å². The van der Waals surface area contributed by atoms with E-state index in [1.165, 1.54) is 0 Å². The van der Waals surface area contributed by atoms with Crippen LogP contribution in [0.25, 0.3) is 10.9 Å². The second kappa shape index (κ2) is 10.4. The van der Waals surface area contributed by atoms with Crippen LogP contribution in [-0.4, -0.2) is 53.0 Å². The monoisotopic (exact) mass is 521 g/mol. The van der Waals surface area contributed by atoms with Crippen molar-refractivity contribution in [1.82, 2.24) is 20.5 Å². The fourth-order valence-corrected chi connectivity index (χ4v) is 5.56. The molecule has 2 aromatic carbocycles. The third-order valence-electron chi connectivity index (χ3n) is 7.23. The second-order valence-corrected chi connectivity index (χ2v) is 9.89. The van der Waals surface area contributed by atoms with Gasteiger partial charge < -0.3 is 25.5 Å². The Morgan fingerprint density at radius 1 is 1.35 bits per heavy atom. The number of rotatable bonds is 7. The van der Waals surface area contributed by atoms with Crippen LogP contribution in [-0.2, 0) is 16.0 Å². The smallest absolute Gasteiger partial charge is 0.243 e. The average molecular weight is 522 g/mol. The molecule has 2 aliphatic heterocycles. The number of nitriles is 1. The standard InChI is InChI=1S/C27H28ClN5O4/c1-37-23-4-2-3-21-20(23)13-22(32-21)27(36)33-10-8-15-11-17(28)5-6-19(15)24(33)26(35)31-18(14-29)12-16-7-9-30-25(16)34/h2-6,11,13,16,18,24,27,32,36H,7-10,12H2,1H3,(H,30,34)(H,31,35). The number of halogens is 1. The number of aromatic amines is 1. The Hall–Kier alpha value is -3.58. The minimum Gasteiger partial charge on any atom is -0.496 e. The maximum atomic E-state index is 13.7. The number of hydrogen-bond acceptors (Lipinski definition) is 6. The lowest BCUT2D eigenvalue weighted by molar-refractivity contribution is -0.134. The summed E-state index contributed by atoms with van der Waals surface area (Å²) in [7, 11) is 1.59. The predicted octanol–water partition coefficient (Wildman–Crippen LogP) is 2.95. The fourth-order valence-electron chi connectivity index (χ4n) is 5.36. The summed E-state index contributed by atoms with van der Waals surface area (Å²) in [5, 5.41) is 28.2. The van der Waals surface area contributed by atoms with Crippen molar-refractivity contribution in [3.63, 3.8) is 0 Å². The normalized spacial score (nSPS) is 21.1. The summed E-state index contributed by atoms with van der Waals surface area (Å²) in [6.07, 6.45) is 0.327. The number of aliphatic hydroxyl groups excluding tert-OH is 1. The molecule has 1 aromatic heterocycles. The van der Waals surface area contributed by atoms with Gasteiger partial charge in [0.25, 0.3) is 0 Å². The maximum absolute atomic E-state index is 13.7. The number of carbonyl (C=O) groups excluding carboxylic acids is 2. The zero-order chi connectivity index (χ0) is 26.1. The summed E-state index contributed by atoms with van der Waals surface area (Å²) in [6, 6.07) is 13.2. The maximum Gasteiger partial charge on any atom is 0.243 e. The number of hydrogen-bond donors (Lipinski definition) is 4. The van der Waals surface area contributed by atoms with Gasteiger partial charge in [-0.15, -0.1) is 0 Å². The van der Waals surface area contributed by atoms with Crippen LogP contribution in [0.4, 0.5) is 0 Å². The average Bonchev–Trinajstić information content (AvgIpc) is 3.52. The molecule has 0 aliphatic carbocycles. The molecule has 4 N–H and O–H groups in total. The molecule has 3 aromatic rings. The van der Waals surface area contributed by atoms with Gasteiger partial charge in [0.05, 0.1) is 18.9 Å². The number of fused-ring (bicyclic) bond motifs is 2. The van der Waals surface area contributed by atoms with E-state index in [2.05, 4.69) is 21.7 Å². The number of carbonyl (C=O) groups is 2. The van der Waals surface area contributed by atoms with Gasteiger partial charge in [-0.2, -0.15) is 5.26 Å². The topological polar surface area (TPSA) is 130 Å². The number of ether oxygens (including phenoxy) is 1. The van der Waals surface area contributed by atoms with Crippen molar-refractivity contribution in [3.8, 4) is 11.8 Å². The highest BCUT2D eigenvalue weighted by atomic mass is 35.5. The molecular weight excluding hydrogens is 494 g/mol. The Morgan fingerprint density at radius 3 is 2.92 bits per heavy atom. The van der Waals surface area contributed by atoms with E-state index in [4.69, 9.17) is 16.3 Å². The van der Waals surface area contributed by atoms with Crippen LogP contribution in [0, 0.1) is 17.2 Å². The lowest BCUT2D eigenvalue weighted by atomic mass is 9.91. The minimum absolute atomic E-state index is 0.0987. The van der Waals surface area contributed by atoms with Crippen LogP contribution in [0.2, 0.25) is 5.02 Å². The number of aliphatic hydroxyl groups is 1. The van der Waals surface area contributed by atoms with Gasteiger partial charge in [0.15, 0.2) is 0 Å². The van der Waals surface area contributed by atoms with E-state index in [1.807, 2.05) is 30.3 Å². The zero-order valence-electron chi connectivity index (χ0n) is 20.3. The van der Waals surface area contributed by atoms with E-state index in [9.17, 15) is 20.0 Å². The lowest BCUT2D eigenvalue weighted by Gasteiger charge is -2.39. The second-order valence-electron chi connectivity index (χ2n) is 9.46. The fraction of sp³-hybridized carbons (Fsp3) is 0.370. The first-order valence-electron chi connectivity index (χ1n) is 12.2. The number of aromatic nitrogens is 1. The van der Waals surface area contributed by atoms with Gasteiger partial charge in [-0.05, 0) is 60.7 Å². The Morgan fingerprint density at radius 2 is 2.19 bits per heavy atom. The molecule has 37 heavy (non-hydrogen) atoms. The molecule has 192 valence electrons. The number of benzene rings is 2. The van der Waals surface area contributed by atoms with Gasteiger partial charge in [-0.1, -0.05) is 23.7 Å². The quantitative estimate of drug-likeness (QED) is 0.378. The van der Waals surface area contributed by atoms with Gasteiger partial charge in [0.2, 0.25) is 11.8 Å². The first-order chi connectivity index (χ1) is 17.9. The molecule has 1 saturated heterocycles. The SMILES string of the molecule is COc1cccc2[nH]c(C(O)N3CCc4cc(Cl)ccc4C3C(=O)NC(C#N)CC3CCNC3=O)cc12. The van der Waals surface area contributed by atoms with Gasteiger partial charge in [-0.25, -0.2) is 0 Å². The predicted molar refractivity (Wildman–Crippen MR) is 138 cm³/mol. The number of H-pyrrole nitrogens is 1. The molecule has 1 fully saturated rings. The summed E-state index contributed by atoms with van der Waals surface area (Å²) in [5.74, 6) is -0.155. The van der Waals surface area contributed by atoms with E-state index in [0.717, 1.165) is 22.0 Å². The third kappa shape index (κ3) is 4.88. The highest BCUT2D eigenvalue weighted by Gasteiger charge is 2.39. The first-order valence-corrected chi connectivity index (χ1v) is 12.6. The molecule has 0 saturated carbocycles. The van der Waals surface area contributed by atoms with Crippen molar-refractivity contribution >= 4 is 34.3 Å². The molecule has 0 radical (unpaired) electrons. The number of nitrogens with one attached hydrogen (secondary N) is 3. The highest BCUT2D eigenvalue weighted by Crippen LogP contribution is 2.38. The van der Waals surface area contributed by atoms with Crippen molar-refractivity contribution in [2.45, 2.75) is 37.6 Å². The lowest BCUT2D eigenvalue weighted by Crippen LogP contribution is -2.48. The largest absolute Gasteiger partial charge is 0.496 e. The molecule has 2 aliphatic rings. The van der Waals surface area contributed by atoms with E-state index in [1.54, 1.807) is 24.1 Å². The summed E-state index contributed by atoms with van der Waals surface area (Å²) < 4.78 is 5.45. The first kappa shape index (κ1) is 25.1. The van der Waals surface area contributed by atoms with Crippen LogP contribution in [0.1, 0.15) is 41.9 Å². The van der Waals surface area contributed by atoms with E-state index >= 15 is 0 Å². The Labute approximate surface area is 219 Å².